The normalized spacial score (nSPS) is 20.6. The molecule has 0 unspecified atom stereocenters. The van der Waals surface area contributed by atoms with E-state index in [-0.39, 0.29) is 6.03 Å². The van der Waals surface area contributed by atoms with Gasteiger partial charge >= 0.3 is 6.03 Å². The summed E-state index contributed by atoms with van der Waals surface area (Å²) < 4.78 is 0. The zero-order valence-corrected chi connectivity index (χ0v) is 13.5. The summed E-state index contributed by atoms with van der Waals surface area (Å²) in [5.41, 5.74) is 0. The summed E-state index contributed by atoms with van der Waals surface area (Å²) in [7, 11) is 0. The Morgan fingerprint density at radius 1 is 1.14 bits per heavy atom. The molecule has 116 valence electrons. The number of amides is 2. The quantitative estimate of drug-likeness (QED) is 0.870. The largest absolute Gasteiger partial charge is 0.335 e. The van der Waals surface area contributed by atoms with Gasteiger partial charge in [-0.05, 0) is 37.1 Å². The number of urea groups is 1. The van der Waals surface area contributed by atoms with Crippen LogP contribution in [-0.2, 0) is 6.54 Å². The first-order valence-corrected chi connectivity index (χ1v) is 9.30. The van der Waals surface area contributed by atoms with Gasteiger partial charge in [-0.25, -0.2) is 4.79 Å². The number of carbonyl (C=O) groups is 1. The number of thiophene rings is 1. The molecule has 0 radical (unpaired) electrons. The van der Waals surface area contributed by atoms with E-state index >= 15 is 0 Å². The molecule has 21 heavy (non-hydrogen) atoms. The molecule has 2 amide bonds. The van der Waals surface area contributed by atoms with E-state index in [2.05, 4.69) is 27.7 Å². The van der Waals surface area contributed by atoms with E-state index in [9.17, 15) is 4.79 Å². The summed E-state index contributed by atoms with van der Waals surface area (Å²) in [5.74, 6) is 0. The molecule has 3 rings (SSSR count). The molecule has 1 heterocycles. The third-order valence-corrected chi connectivity index (χ3v) is 5.73. The lowest BCUT2D eigenvalue weighted by Crippen LogP contribution is -2.48. The highest BCUT2D eigenvalue weighted by Gasteiger charge is 2.28. The van der Waals surface area contributed by atoms with Crippen LogP contribution in [-0.4, -0.2) is 23.0 Å². The summed E-state index contributed by atoms with van der Waals surface area (Å²) in [5, 5.41) is 5.40. The minimum Gasteiger partial charge on any atom is -0.335 e. The first-order chi connectivity index (χ1) is 10.3. The molecule has 0 spiro atoms. The molecule has 1 aromatic rings. The van der Waals surface area contributed by atoms with Gasteiger partial charge in [0.25, 0.3) is 0 Å². The lowest BCUT2D eigenvalue weighted by atomic mass is 9.96. The number of hydrogen-bond acceptors (Lipinski definition) is 2. The number of rotatable bonds is 4. The second-order valence-electron chi connectivity index (χ2n) is 6.43. The molecule has 3 nitrogen and oxygen atoms in total. The lowest BCUT2D eigenvalue weighted by molar-refractivity contribution is 0.165. The van der Waals surface area contributed by atoms with Crippen LogP contribution >= 0.6 is 11.3 Å². The van der Waals surface area contributed by atoms with Crippen molar-refractivity contribution in [1.82, 2.24) is 10.2 Å². The Labute approximate surface area is 131 Å². The number of carbonyl (C=O) groups excluding carboxylic acids is 1. The van der Waals surface area contributed by atoms with Crippen molar-refractivity contribution in [2.75, 3.05) is 0 Å². The summed E-state index contributed by atoms with van der Waals surface area (Å²) in [6.45, 7) is 0.779. The molecule has 1 N–H and O–H groups in total. The lowest BCUT2D eigenvalue weighted by Gasteiger charge is -2.32. The Bertz CT molecular complexity index is 434. The van der Waals surface area contributed by atoms with E-state index < -0.39 is 0 Å². The molecule has 0 atom stereocenters. The van der Waals surface area contributed by atoms with Crippen LogP contribution in [0.15, 0.2) is 17.5 Å². The first kappa shape index (κ1) is 14.9. The van der Waals surface area contributed by atoms with E-state index in [1.54, 1.807) is 11.3 Å². The van der Waals surface area contributed by atoms with E-state index in [0.717, 1.165) is 19.4 Å². The van der Waals surface area contributed by atoms with Crippen molar-refractivity contribution >= 4 is 17.4 Å². The minimum absolute atomic E-state index is 0.169. The van der Waals surface area contributed by atoms with Gasteiger partial charge in [0, 0.05) is 17.0 Å². The molecular weight excluding hydrogens is 280 g/mol. The predicted molar refractivity (Wildman–Crippen MR) is 87.5 cm³/mol. The standard InChI is InChI=1S/C17H26N2OS/c20-17(18-14-7-2-1-3-8-14)19(15-9-4-5-10-15)13-16-11-6-12-21-16/h6,11-12,14-15H,1-5,7-10,13H2,(H,18,20). The van der Waals surface area contributed by atoms with Crippen LogP contribution < -0.4 is 5.32 Å². The average Bonchev–Trinajstić information content (AvgIpc) is 3.19. The maximum absolute atomic E-state index is 12.7. The van der Waals surface area contributed by atoms with Gasteiger partial charge in [0.15, 0.2) is 0 Å². The van der Waals surface area contributed by atoms with Gasteiger partial charge < -0.3 is 10.2 Å². The van der Waals surface area contributed by atoms with E-state index in [1.807, 2.05) is 0 Å². The molecule has 0 saturated heterocycles. The highest BCUT2D eigenvalue weighted by atomic mass is 32.1. The van der Waals surface area contributed by atoms with Crippen LogP contribution in [0.3, 0.4) is 0 Å². The van der Waals surface area contributed by atoms with Crippen LogP contribution in [0.2, 0.25) is 0 Å². The molecule has 0 aliphatic heterocycles. The second kappa shape index (κ2) is 7.30. The predicted octanol–water partition coefficient (Wildman–Crippen LogP) is 4.54. The molecule has 4 heteroatoms. The van der Waals surface area contributed by atoms with Gasteiger partial charge in [0.2, 0.25) is 0 Å². The third kappa shape index (κ3) is 4.00. The van der Waals surface area contributed by atoms with Crippen molar-refractivity contribution in [3.8, 4) is 0 Å². The van der Waals surface area contributed by atoms with Gasteiger partial charge in [-0.2, -0.15) is 0 Å². The van der Waals surface area contributed by atoms with E-state index in [0.29, 0.717) is 12.1 Å². The van der Waals surface area contributed by atoms with E-state index in [1.165, 1.54) is 49.8 Å². The van der Waals surface area contributed by atoms with Crippen molar-refractivity contribution in [3.63, 3.8) is 0 Å². The maximum Gasteiger partial charge on any atom is 0.318 e. The number of nitrogens with one attached hydrogen (secondary N) is 1. The van der Waals surface area contributed by atoms with Gasteiger partial charge in [-0.1, -0.05) is 38.2 Å². The SMILES string of the molecule is O=C(NC1CCCCC1)N(Cc1cccs1)C1CCCC1. The minimum atomic E-state index is 0.169. The van der Waals surface area contributed by atoms with Crippen molar-refractivity contribution < 1.29 is 4.79 Å². The Hall–Kier alpha value is -1.03. The maximum atomic E-state index is 12.7. The highest BCUT2D eigenvalue weighted by Crippen LogP contribution is 2.26. The molecule has 0 bridgehead atoms. The molecule has 2 fully saturated rings. The van der Waals surface area contributed by atoms with Crippen LogP contribution in [0, 0.1) is 0 Å². The summed E-state index contributed by atoms with van der Waals surface area (Å²) in [6.07, 6.45) is 11.0. The Morgan fingerprint density at radius 2 is 1.86 bits per heavy atom. The van der Waals surface area contributed by atoms with Crippen molar-refractivity contribution in [1.29, 1.82) is 0 Å². The first-order valence-electron chi connectivity index (χ1n) is 8.42. The van der Waals surface area contributed by atoms with Crippen molar-refractivity contribution in [2.24, 2.45) is 0 Å². The fraction of sp³-hybridized carbons (Fsp3) is 0.706. The fourth-order valence-electron chi connectivity index (χ4n) is 3.66. The summed E-state index contributed by atoms with van der Waals surface area (Å²) in [4.78, 5) is 16.1. The smallest absolute Gasteiger partial charge is 0.318 e. The molecule has 2 aliphatic carbocycles. The Kier molecular flexibility index (Phi) is 5.17. The van der Waals surface area contributed by atoms with Crippen LogP contribution in [0.1, 0.15) is 62.7 Å². The third-order valence-electron chi connectivity index (χ3n) is 4.87. The number of nitrogens with zero attached hydrogens (tertiary/aromatic N) is 1. The summed E-state index contributed by atoms with van der Waals surface area (Å²) >= 11 is 1.75. The molecule has 0 aromatic carbocycles. The topological polar surface area (TPSA) is 32.3 Å². The molecule has 1 aromatic heterocycles. The van der Waals surface area contributed by atoms with Crippen LogP contribution in [0.25, 0.3) is 0 Å². The van der Waals surface area contributed by atoms with Crippen molar-refractivity contribution in [3.05, 3.63) is 22.4 Å². The summed E-state index contributed by atoms with van der Waals surface area (Å²) in [6, 6.07) is 5.23. The average molecular weight is 306 g/mol. The van der Waals surface area contributed by atoms with Gasteiger partial charge in [0.05, 0.1) is 6.54 Å². The molecule has 2 saturated carbocycles. The molecular formula is C17H26N2OS. The Balaban J connectivity index is 1.63. The van der Waals surface area contributed by atoms with Crippen LogP contribution in [0.5, 0.6) is 0 Å². The van der Waals surface area contributed by atoms with Crippen molar-refractivity contribution in [2.45, 2.75) is 76.4 Å². The van der Waals surface area contributed by atoms with Gasteiger partial charge in [-0.15, -0.1) is 11.3 Å². The zero-order chi connectivity index (χ0) is 14.5. The van der Waals surface area contributed by atoms with Gasteiger partial charge in [-0.3, -0.25) is 0 Å². The monoisotopic (exact) mass is 306 g/mol. The fourth-order valence-corrected chi connectivity index (χ4v) is 4.36. The second-order valence-corrected chi connectivity index (χ2v) is 7.46. The number of hydrogen-bond donors (Lipinski definition) is 1. The van der Waals surface area contributed by atoms with Gasteiger partial charge in [0.1, 0.15) is 0 Å². The molecule has 2 aliphatic rings. The van der Waals surface area contributed by atoms with Crippen LogP contribution in [0.4, 0.5) is 4.79 Å². The highest BCUT2D eigenvalue weighted by molar-refractivity contribution is 7.09. The Morgan fingerprint density at radius 3 is 2.52 bits per heavy atom. The zero-order valence-electron chi connectivity index (χ0n) is 12.7. The van der Waals surface area contributed by atoms with E-state index in [4.69, 9.17) is 0 Å².